The van der Waals surface area contributed by atoms with Crippen LogP contribution in [0.2, 0.25) is 0 Å². The predicted molar refractivity (Wildman–Crippen MR) is 117 cm³/mol. The van der Waals surface area contributed by atoms with E-state index in [1.54, 1.807) is 6.20 Å². The van der Waals surface area contributed by atoms with Crippen molar-refractivity contribution < 1.29 is 19.1 Å². The zero-order chi connectivity index (χ0) is 22.2. The van der Waals surface area contributed by atoms with Crippen LogP contribution in [0.4, 0.5) is 0 Å². The molecule has 1 aromatic heterocycles. The Balaban J connectivity index is 1.56. The number of aryl methyl sites for hydroxylation is 1. The highest BCUT2D eigenvalue weighted by Gasteiger charge is 2.21. The highest BCUT2D eigenvalue weighted by molar-refractivity contribution is 5.81. The lowest BCUT2D eigenvalue weighted by Gasteiger charge is -2.19. The summed E-state index contributed by atoms with van der Waals surface area (Å²) in [5.41, 5.74) is 1.89. The number of hydrogen-bond acceptors (Lipinski definition) is 5. The van der Waals surface area contributed by atoms with Crippen LogP contribution in [-0.2, 0) is 21.4 Å². The van der Waals surface area contributed by atoms with Crippen molar-refractivity contribution >= 4 is 11.9 Å². The zero-order valence-electron chi connectivity index (χ0n) is 17.9. The molecular formula is C24H27N3O4. The molecule has 0 saturated heterocycles. The van der Waals surface area contributed by atoms with Gasteiger partial charge in [0.15, 0.2) is 13.2 Å². The summed E-state index contributed by atoms with van der Waals surface area (Å²) in [6.45, 7) is 3.44. The smallest absolute Gasteiger partial charge is 0.344 e. The number of rotatable bonds is 9. The summed E-state index contributed by atoms with van der Waals surface area (Å²) in [4.78, 5) is 28.9. The van der Waals surface area contributed by atoms with Crippen LogP contribution in [0.15, 0.2) is 67.0 Å². The molecule has 3 aromatic rings. The number of para-hydroxylation sites is 1. The number of benzene rings is 2. The van der Waals surface area contributed by atoms with Gasteiger partial charge in [-0.3, -0.25) is 4.79 Å². The second-order valence-corrected chi connectivity index (χ2v) is 7.45. The number of carbonyl (C=O) groups excluding carboxylic acids is 2. The first kappa shape index (κ1) is 22.1. The van der Waals surface area contributed by atoms with Crippen LogP contribution in [0, 0.1) is 0 Å². The maximum Gasteiger partial charge on any atom is 0.344 e. The summed E-state index contributed by atoms with van der Waals surface area (Å²) in [6.07, 6.45) is 3.48. The van der Waals surface area contributed by atoms with E-state index >= 15 is 0 Å². The fourth-order valence-electron chi connectivity index (χ4n) is 3.21. The van der Waals surface area contributed by atoms with E-state index in [-0.39, 0.29) is 12.5 Å². The molecule has 1 N–H and O–H groups in total. The number of nitrogens with one attached hydrogen (secondary N) is 1. The lowest BCUT2D eigenvalue weighted by atomic mass is 10.0. The molecule has 7 heteroatoms. The van der Waals surface area contributed by atoms with E-state index in [4.69, 9.17) is 9.47 Å². The summed E-state index contributed by atoms with van der Waals surface area (Å²) < 4.78 is 12.5. The Morgan fingerprint density at radius 2 is 1.74 bits per heavy atom. The van der Waals surface area contributed by atoms with Crippen LogP contribution < -0.4 is 10.1 Å². The van der Waals surface area contributed by atoms with Gasteiger partial charge in [-0.2, -0.15) is 0 Å². The molecule has 0 bridgehead atoms. The fourth-order valence-corrected chi connectivity index (χ4v) is 3.21. The van der Waals surface area contributed by atoms with E-state index in [0.29, 0.717) is 11.6 Å². The Hall–Kier alpha value is -3.61. The molecule has 31 heavy (non-hydrogen) atoms. The lowest BCUT2D eigenvalue weighted by Crippen LogP contribution is -2.34. The third-order valence-corrected chi connectivity index (χ3v) is 4.81. The largest absolute Gasteiger partial charge is 0.482 e. The molecule has 7 nitrogen and oxygen atoms in total. The van der Waals surface area contributed by atoms with Crippen LogP contribution in [0.3, 0.4) is 0 Å². The summed E-state index contributed by atoms with van der Waals surface area (Å²) in [6, 6.07) is 16.6. The number of hydrogen-bond donors (Lipinski definition) is 1. The number of aromatic nitrogens is 2. The van der Waals surface area contributed by atoms with Crippen molar-refractivity contribution in [2.24, 2.45) is 7.05 Å². The van der Waals surface area contributed by atoms with Gasteiger partial charge in [-0.15, -0.1) is 0 Å². The van der Waals surface area contributed by atoms with Crippen LogP contribution in [0.1, 0.15) is 42.8 Å². The van der Waals surface area contributed by atoms with Crippen LogP contribution in [-0.4, -0.2) is 34.6 Å². The Morgan fingerprint density at radius 1 is 1.03 bits per heavy atom. The molecule has 0 spiro atoms. The van der Waals surface area contributed by atoms with Crippen LogP contribution in [0.25, 0.3) is 0 Å². The van der Waals surface area contributed by atoms with Crippen molar-refractivity contribution in [3.63, 3.8) is 0 Å². The van der Waals surface area contributed by atoms with Crippen LogP contribution in [0.5, 0.6) is 5.75 Å². The Labute approximate surface area is 182 Å². The lowest BCUT2D eigenvalue weighted by molar-refractivity contribution is -0.150. The normalized spacial score (nSPS) is 11.7. The summed E-state index contributed by atoms with van der Waals surface area (Å²) in [5.74, 6) is 0.547. The van der Waals surface area contributed by atoms with Gasteiger partial charge in [0.25, 0.3) is 5.91 Å². The molecule has 0 aliphatic carbocycles. The standard InChI is InChI=1S/C24H27N3O4/c1-17(2)19-11-7-8-12-20(19)30-16-22(29)31-15-21(28)26-23(18-9-5-4-6-10-18)24-25-13-14-27(24)3/h4-14,17,23H,15-16H2,1-3H3,(H,26,28). The van der Waals surface area contributed by atoms with Gasteiger partial charge >= 0.3 is 5.97 Å². The third-order valence-electron chi connectivity index (χ3n) is 4.81. The molecule has 3 rings (SSSR count). The maximum atomic E-state index is 12.5. The number of carbonyl (C=O) groups is 2. The topological polar surface area (TPSA) is 82.4 Å². The molecule has 1 unspecified atom stereocenters. The van der Waals surface area contributed by atoms with Crippen molar-refractivity contribution in [1.82, 2.24) is 14.9 Å². The first-order chi connectivity index (χ1) is 15.0. The van der Waals surface area contributed by atoms with E-state index in [0.717, 1.165) is 11.1 Å². The molecule has 1 atom stereocenters. The molecule has 0 radical (unpaired) electrons. The average Bonchev–Trinajstić information content (AvgIpc) is 3.20. The molecule has 1 heterocycles. The number of nitrogens with zero attached hydrogens (tertiary/aromatic N) is 2. The van der Waals surface area contributed by atoms with E-state index in [1.807, 2.05) is 72.4 Å². The molecule has 0 aliphatic heterocycles. The number of esters is 1. The Kier molecular flexibility index (Phi) is 7.43. The van der Waals surface area contributed by atoms with Gasteiger partial charge < -0.3 is 19.4 Å². The van der Waals surface area contributed by atoms with Gasteiger partial charge in [-0.05, 0) is 23.1 Å². The van der Waals surface area contributed by atoms with Crippen molar-refractivity contribution in [3.05, 3.63) is 83.9 Å². The summed E-state index contributed by atoms with van der Waals surface area (Å²) >= 11 is 0. The van der Waals surface area contributed by atoms with Crippen molar-refractivity contribution in [1.29, 1.82) is 0 Å². The first-order valence-corrected chi connectivity index (χ1v) is 10.1. The third kappa shape index (κ3) is 5.94. The van der Waals surface area contributed by atoms with E-state index < -0.39 is 24.5 Å². The van der Waals surface area contributed by atoms with E-state index in [2.05, 4.69) is 24.1 Å². The van der Waals surface area contributed by atoms with Crippen LogP contribution >= 0.6 is 0 Å². The second kappa shape index (κ2) is 10.4. The predicted octanol–water partition coefficient (Wildman–Crippen LogP) is 3.37. The highest BCUT2D eigenvalue weighted by atomic mass is 16.6. The minimum atomic E-state index is -0.609. The van der Waals surface area contributed by atoms with Gasteiger partial charge in [0, 0.05) is 19.4 Å². The first-order valence-electron chi connectivity index (χ1n) is 10.1. The minimum Gasteiger partial charge on any atom is -0.482 e. The number of imidazole rings is 1. The van der Waals surface area contributed by atoms with E-state index in [9.17, 15) is 9.59 Å². The quantitative estimate of drug-likeness (QED) is 0.536. The van der Waals surface area contributed by atoms with Gasteiger partial charge in [0.1, 0.15) is 17.6 Å². The molecule has 0 aliphatic rings. The summed E-state index contributed by atoms with van der Waals surface area (Å²) in [7, 11) is 1.86. The minimum absolute atomic E-state index is 0.263. The molecule has 0 fully saturated rings. The van der Waals surface area contributed by atoms with Gasteiger partial charge in [0.05, 0.1) is 0 Å². The van der Waals surface area contributed by atoms with Gasteiger partial charge in [-0.1, -0.05) is 62.4 Å². The molecule has 162 valence electrons. The molecule has 1 amide bonds. The van der Waals surface area contributed by atoms with Crippen molar-refractivity contribution in [2.45, 2.75) is 25.8 Å². The monoisotopic (exact) mass is 421 g/mol. The number of amides is 1. The van der Waals surface area contributed by atoms with Crippen molar-refractivity contribution in [3.8, 4) is 5.75 Å². The second-order valence-electron chi connectivity index (χ2n) is 7.45. The Morgan fingerprint density at radius 3 is 2.42 bits per heavy atom. The fraction of sp³-hybridized carbons (Fsp3) is 0.292. The van der Waals surface area contributed by atoms with Crippen molar-refractivity contribution in [2.75, 3.05) is 13.2 Å². The maximum absolute atomic E-state index is 12.5. The summed E-state index contributed by atoms with van der Waals surface area (Å²) in [5, 5.41) is 2.89. The van der Waals surface area contributed by atoms with E-state index in [1.165, 1.54) is 0 Å². The number of ether oxygens (including phenoxy) is 2. The average molecular weight is 421 g/mol. The SMILES string of the molecule is CC(C)c1ccccc1OCC(=O)OCC(=O)NC(c1ccccc1)c1nccn1C. The zero-order valence-corrected chi connectivity index (χ0v) is 17.9. The van der Waals surface area contributed by atoms with Gasteiger partial charge in [-0.25, -0.2) is 9.78 Å². The van der Waals surface area contributed by atoms with Gasteiger partial charge in [0.2, 0.25) is 0 Å². The molecular weight excluding hydrogens is 394 g/mol. The molecule has 2 aromatic carbocycles. The molecule has 0 saturated carbocycles. The Bertz CT molecular complexity index is 1010. The highest BCUT2D eigenvalue weighted by Crippen LogP contribution is 2.25.